The number of carbonyl (C=O) groups excluding carboxylic acids is 1. The number of rotatable bonds is 5. The minimum Gasteiger partial charge on any atom is -0.743 e. The Bertz CT molecular complexity index is 915. The van der Waals surface area contributed by atoms with Gasteiger partial charge < -0.3 is 9.29 Å². The van der Waals surface area contributed by atoms with Gasteiger partial charge in [0.15, 0.2) is 10.1 Å². The van der Waals surface area contributed by atoms with E-state index in [0.29, 0.717) is 5.56 Å². The molecule has 0 N–H and O–H groups in total. The maximum atomic E-state index is 13.4. The van der Waals surface area contributed by atoms with Gasteiger partial charge in [-0.05, 0) is 23.3 Å². The molecule has 0 saturated heterocycles. The number of halogens is 5. The first-order chi connectivity index (χ1) is 12.3. The summed E-state index contributed by atoms with van der Waals surface area (Å²) in [4.78, 5) is 11.8. The van der Waals surface area contributed by atoms with Crippen molar-refractivity contribution in [2.75, 3.05) is 0 Å². The minimum atomic E-state index is -6.74. The Morgan fingerprint density at radius 3 is 1.79 bits per heavy atom. The Balaban J connectivity index is 0.00000392. The molecule has 0 aliphatic carbocycles. The summed E-state index contributed by atoms with van der Waals surface area (Å²) in [5.41, 5.74) is 0.754. The van der Waals surface area contributed by atoms with Gasteiger partial charge in [0.25, 0.3) is 6.10 Å². The Hall–Kier alpha value is -1.53. The second kappa shape index (κ2) is 8.87. The topological polar surface area (TPSA) is 83.5 Å². The number of hydrogen-bond donors (Lipinski definition) is 0. The molecule has 2 aromatic rings. The van der Waals surface area contributed by atoms with Crippen LogP contribution in [0.15, 0.2) is 54.6 Å². The van der Waals surface area contributed by atoms with Crippen molar-refractivity contribution in [1.29, 1.82) is 0 Å². The van der Waals surface area contributed by atoms with Crippen LogP contribution in [0.25, 0.3) is 11.1 Å². The van der Waals surface area contributed by atoms with Gasteiger partial charge in [-0.2, -0.15) is 22.0 Å². The molecule has 146 valence electrons. The van der Waals surface area contributed by atoms with Crippen molar-refractivity contribution in [3.63, 3.8) is 0 Å². The van der Waals surface area contributed by atoms with E-state index in [1.807, 2.05) is 0 Å². The largest absolute Gasteiger partial charge is 1.00 e. The molecule has 0 fully saturated rings. The number of alkyl halides is 5. The van der Waals surface area contributed by atoms with E-state index in [9.17, 15) is 39.7 Å². The predicted molar refractivity (Wildman–Crippen MR) is 81.8 cm³/mol. The zero-order valence-electron chi connectivity index (χ0n) is 14.1. The monoisotopic (exact) mass is 432 g/mol. The van der Waals surface area contributed by atoms with Crippen molar-refractivity contribution in [3.05, 3.63) is 60.2 Å². The zero-order valence-corrected chi connectivity index (χ0v) is 16.9. The number of carbonyl (C=O) groups is 1. The first kappa shape index (κ1) is 24.5. The van der Waals surface area contributed by atoms with Gasteiger partial charge in [-0.1, -0.05) is 42.5 Å². The van der Waals surface area contributed by atoms with Crippen LogP contribution in [0.4, 0.5) is 22.0 Å². The summed E-state index contributed by atoms with van der Waals surface area (Å²) in [5, 5.41) is -5.88. The average Bonchev–Trinajstić information content (AvgIpc) is 2.58. The normalized spacial score (nSPS) is 13.4. The number of ether oxygens (including phenoxy) is 1. The van der Waals surface area contributed by atoms with Gasteiger partial charge >= 0.3 is 47.0 Å². The predicted octanol–water partition coefficient (Wildman–Crippen LogP) is 0.583. The third-order valence-corrected chi connectivity index (χ3v) is 4.27. The Labute approximate surface area is 178 Å². The molecule has 0 aliphatic heterocycles. The standard InChI is InChI=1S/C16H11F5O5S.Na/c17-15(18,19)14(16(20,21)27(23,24)25)26-13(22)12-8-6-11(7-9-12)10-4-2-1-3-5-10;/h1-9,14H,(H,23,24,25);/q;+1/p-1. The Morgan fingerprint density at radius 2 is 1.36 bits per heavy atom. The zero-order chi connectivity index (χ0) is 20.5. The third-order valence-electron chi connectivity index (χ3n) is 3.39. The quantitative estimate of drug-likeness (QED) is 0.299. The van der Waals surface area contributed by atoms with Crippen LogP contribution >= 0.6 is 0 Å². The van der Waals surface area contributed by atoms with Crippen LogP contribution in [0, 0.1) is 0 Å². The summed E-state index contributed by atoms with van der Waals surface area (Å²) in [7, 11) is -6.74. The molecule has 0 radical (unpaired) electrons. The van der Waals surface area contributed by atoms with Crippen LogP contribution in [0.1, 0.15) is 10.4 Å². The fraction of sp³-hybridized carbons (Fsp3) is 0.188. The van der Waals surface area contributed by atoms with Crippen molar-refractivity contribution < 1.29 is 74.0 Å². The van der Waals surface area contributed by atoms with E-state index in [4.69, 9.17) is 0 Å². The molecule has 0 aromatic heterocycles. The van der Waals surface area contributed by atoms with Crippen molar-refractivity contribution >= 4 is 16.1 Å². The number of hydrogen-bond acceptors (Lipinski definition) is 5. The van der Waals surface area contributed by atoms with E-state index >= 15 is 0 Å². The molecule has 2 rings (SSSR count). The van der Waals surface area contributed by atoms with E-state index in [2.05, 4.69) is 4.74 Å². The molecular formula is C16H10F5NaO5S. The number of benzene rings is 2. The molecule has 0 heterocycles. The molecule has 28 heavy (non-hydrogen) atoms. The van der Waals surface area contributed by atoms with Crippen LogP contribution in [-0.2, 0) is 14.9 Å². The fourth-order valence-electron chi connectivity index (χ4n) is 2.06. The van der Waals surface area contributed by atoms with Crippen LogP contribution < -0.4 is 29.6 Å². The van der Waals surface area contributed by atoms with Crippen LogP contribution in [0.2, 0.25) is 0 Å². The SMILES string of the molecule is O=C(OC(C(F)(F)F)C(F)(F)S(=O)(=O)[O-])c1ccc(-c2ccccc2)cc1.[Na+]. The number of esters is 1. The fourth-order valence-corrected chi connectivity index (χ4v) is 2.51. The summed E-state index contributed by atoms with van der Waals surface area (Å²) < 4.78 is 100.0. The molecule has 2 aromatic carbocycles. The van der Waals surface area contributed by atoms with Crippen molar-refractivity contribution in [2.45, 2.75) is 17.5 Å². The molecule has 0 amide bonds. The van der Waals surface area contributed by atoms with E-state index in [-0.39, 0.29) is 29.6 Å². The first-order valence-electron chi connectivity index (χ1n) is 7.10. The van der Waals surface area contributed by atoms with Gasteiger partial charge in [0.1, 0.15) is 0 Å². The molecule has 0 aliphatic rings. The second-order valence-corrected chi connectivity index (χ2v) is 6.74. The van der Waals surface area contributed by atoms with Crippen LogP contribution in [0.5, 0.6) is 0 Å². The molecule has 12 heteroatoms. The summed E-state index contributed by atoms with van der Waals surface area (Å²) in [6, 6.07) is 13.3. The summed E-state index contributed by atoms with van der Waals surface area (Å²) in [6.45, 7) is 0. The van der Waals surface area contributed by atoms with Crippen molar-refractivity contribution in [3.8, 4) is 11.1 Å². The molecule has 5 nitrogen and oxygen atoms in total. The smallest absolute Gasteiger partial charge is 0.743 e. The maximum absolute atomic E-state index is 13.4. The molecule has 0 spiro atoms. The van der Waals surface area contributed by atoms with Gasteiger partial charge in [0.05, 0.1) is 5.56 Å². The maximum Gasteiger partial charge on any atom is 1.00 e. The van der Waals surface area contributed by atoms with Crippen LogP contribution in [-0.4, -0.2) is 36.5 Å². The summed E-state index contributed by atoms with van der Waals surface area (Å²) in [5.74, 6) is -1.86. The van der Waals surface area contributed by atoms with Gasteiger partial charge in [-0.15, -0.1) is 0 Å². The van der Waals surface area contributed by atoms with E-state index < -0.39 is 39.2 Å². The summed E-state index contributed by atoms with van der Waals surface area (Å²) in [6.07, 6.45) is -10.4. The second-order valence-electron chi connectivity index (χ2n) is 5.29. The Morgan fingerprint density at radius 1 is 0.893 bits per heavy atom. The van der Waals surface area contributed by atoms with Gasteiger partial charge in [-0.3, -0.25) is 0 Å². The van der Waals surface area contributed by atoms with Gasteiger partial charge in [0, 0.05) is 0 Å². The third kappa shape index (κ3) is 5.51. The molecule has 1 unspecified atom stereocenters. The average molecular weight is 432 g/mol. The Kier molecular flexibility index (Phi) is 7.76. The molecule has 1 atom stereocenters. The summed E-state index contributed by atoms with van der Waals surface area (Å²) >= 11 is 0. The van der Waals surface area contributed by atoms with Gasteiger partial charge in [0.2, 0.25) is 0 Å². The van der Waals surface area contributed by atoms with Gasteiger partial charge in [-0.25, -0.2) is 13.2 Å². The van der Waals surface area contributed by atoms with Crippen LogP contribution in [0.3, 0.4) is 0 Å². The molecule has 0 saturated carbocycles. The van der Waals surface area contributed by atoms with E-state index in [1.165, 1.54) is 12.1 Å². The van der Waals surface area contributed by atoms with Crippen molar-refractivity contribution in [1.82, 2.24) is 0 Å². The van der Waals surface area contributed by atoms with E-state index in [0.717, 1.165) is 17.7 Å². The molecular weight excluding hydrogens is 422 g/mol. The molecule has 0 bridgehead atoms. The van der Waals surface area contributed by atoms with Crippen molar-refractivity contribution in [2.24, 2.45) is 0 Å². The van der Waals surface area contributed by atoms with E-state index in [1.54, 1.807) is 30.3 Å². The first-order valence-corrected chi connectivity index (χ1v) is 8.51. The minimum absolute atomic E-state index is 0.